The number of nitrogen functional groups attached to an aromatic ring is 1. The quantitative estimate of drug-likeness (QED) is 0.631. The van der Waals surface area contributed by atoms with E-state index in [1.54, 1.807) is 0 Å². The number of methoxy groups -OCH3 is 1. The second kappa shape index (κ2) is 5.90. The highest BCUT2D eigenvalue weighted by Crippen LogP contribution is 2.32. The van der Waals surface area contributed by atoms with Gasteiger partial charge in [-0.05, 0) is 34.5 Å². The summed E-state index contributed by atoms with van der Waals surface area (Å²) in [5, 5.41) is 0. The van der Waals surface area contributed by atoms with Gasteiger partial charge < -0.3 is 10.5 Å². The lowest BCUT2D eigenvalue weighted by Gasteiger charge is -2.17. The van der Waals surface area contributed by atoms with Crippen LogP contribution >= 0.6 is 15.9 Å². The molecular weight excluding hydrogens is 367 g/mol. The van der Waals surface area contributed by atoms with E-state index >= 15 is 0 Å². The number of benzene rings is 1. The van der Waals surface area contributed by atoms with Crippen LogP contribution in [0.25, 0.3) is 0 Å². The molecule has 0 aromatic heterocycles. The summed E-state index contributed by atoms with van der Waals surface area (Å²) in [6.07, 6.45) is 0.389. The molecule has 1 saturated heterocycles. The zero-order valence-corrected chi connectivity index (χ0v) is 13.6. The highest BCUT2D eigenvalue weighted by molar-refractivity contribution is 9.10. The summed E-state index contributed by atoms with van der Waals surface area (Å²) in [5.74, 6) is -1.62. The Bertz CT molecular complexity index is 680. The maximum Gasteiger partial charge on any atom is 0.310 e. The van der Waals surface area contributed by atoms with Gasteiger partial charge in [0.05, 0.1) is 23.6 Å². The van der Waals surface area contributed by atoms with Crippen LogP contribution in [-0.2, 0) is 19.6 Å². The summed E-state index contributed by atoms with van der Waals surface area (Å²) in [5.41, 5.74) is 5.18. The smallest absolute Gasteiger partial charge is 0.310 e. The molecule has 1 aliphatic heterocycles. The highest BCUT2D eigenvalue weighted by atomic mass is 79.9. The molecule has 0 amide bonds. The number of esters is 1. The molecule has 0 saturated carbocycles. The molecule has 0 aliphatic carbocycles. The van der Waals surface area contributed by atoms with Crippen molar-refractivity contribution in [3.05, 3.63) is 22.4 Å². The van der Waals surface area contributed by atoms with Crippen LogP contribution in [0.3, 0.4) is 0 Å². The molecule has 116 valence electrons. The second-order valence-corrected chi connectivity index (χ2v) is 7.44. The van der Waals surface area contributed by atoms with Gasteiger partial charge in [0, 0.05) is 17.6 Å². The maximum atomic E-state index is 13.3. The van der Waals surface area contributed by atoms with Crippen LogP contribution in [0, 0.1) is 11.7 Å². The molecule has 0 bridgehead atoms. The summed E-state index contributed by atoms with van der Waals surface area (Å²) in [6, 6.07) is 2.08. The minimum Gasteiger partial charge on any atom is -0.469 e. The van der Waals surface area contributed by atoms with Gasteiger partial charge in [-0.25, -0.2) is 12.8 Å². The first kappa shape index (κ1) is 16.2. The number of nitrogens with two attached hydrogens (primary N) is 1. The number of carbonyl (C=O) groups excluding carboxylic acids is 1. The van der Waals surface area contributed by atoms with Gasteiger partial charge in [-0.1, -0.05) is 0 Å². The van der Waals surface area contributed by atoms with E-state index in [4.69, 9.17) is 5.73 Å². The summed E-state index contributed by atoms with van der Waals surface area (Å²) < 4.78 is 44.3. The molecule has 1 aromatic rings. The van der Waals surface area contributed by atoms with Crippen molar-refractivity contribution in [2.24, 2.45) is 5.92 Å². The zero-order valence-electron chi connectivity index (χ0n) is 11.2. The molecule has 6 nitrogen and oxygen atoms in total. The topological polar surface area (TPSA) is 89.7 Å². The normalized spacial score (nSPS) is 19.7. The number of hydrogen-bond donors (Lipinski definition) is 1. The lowest BCUT2D eigenvalue weighted by molar-refractivity contribution is -0.144. The largest absolute Gasteiger partial charge is 0.469 e. The van der Waals surface area contributed by atoms with Crippen LogP contribution in [0.15, 0.2) is 21.5 Å². The molecular formula is C12H14BrFN2O4S. The van der Waals surface area contributed by atoms with E-state index in [2.05, 4.69) is 20.7 Å². The molecule has 1 unspecified atom stereocenters. The number of sulfonamides is 1. The predicted molar refractivity (Wildman–Crippen MR) is 77.4 cm³/mol. The molecule has 21 heavy (non-hydrogen) atoms. The lowest BCUT2D eigenvalue weighted by atomic mass is 10.1. The summed E-state index contributed by atoms with van der Waals surface area (Å²) in [7, 11) is -2.59. The molecule has 1 fully saturated rings. The van der Waals surface area contributed by atoms with Gasteiger partial charge in [0.25, 0.3) is 0 Å². The van der Waals surface area contributed by atoms with Crippen molar-refractivity contribution in [3.63, 3.8) is 0 Å². The predicted octanol–water partition coefficient (Wildman–Crippen LogP) is 1.35. The third kappa shape index (κ3) is 3.04. The van der Waals surface area contributed by atoms with E-state index < -0.39 is 27.7 Å². The van der Waals surface area contributed by atoms with Crippen LogP contribution in [-0.4, -0.2) is 38.9 Å². The Labute approximate surface area is 130 Å². The van der Waals surface area contributed by atoms with Crippen molar-refractivity contribution in [2.75, 3.05) is 25.9 Å². The van der Waals surface area contributed by atoms with E-state index in [9.17, 15) is 17.6 Å². The standard InChI is InChI=1S/C12H14BrFN2O4S/c1-20-12(17)7-2-3-16(6-7)21(18,19)11-5-10(15)9(14)4-8(11)13/h4-5,7H,2-3,6,15H2,1H3. The molecule has 1 heterocycles. The number of ether oxygens (including phenoxy) is 1. The van der Waals surface area contributed by atoms with Crippen LogP contribution < -0.4 is 5.73 Å². The fraction of sp³-hybridized carbons (Fsp3) is 0.417. The highest BCUT2D eigenvalue weighted by Gasteiger charge is 2.37. The monoisotopic (exact) mass is 380 g/mol. The van der Waals surface area contributed by atoms with Gasteiger partial charge in [0.15, 0.2) is 0 Å². The molecule has 2 rings (SSSR count). The number of carbonyl (C=O) groups is 1. The van der Waals surface area contributed by atoms with Crippen molar-refractivity contribution in [1.82, 2.24) is 4.31 Å². The zero-order chi connectivity index (χ0) is 15.8. The molecule has 1 atom stereocenters. The Morgan fingerprint density at radius 2 is 2.19 bits per heavy atom. The number of anilines is 1. The van der Waals surface area contributed by atoms with E-state index in [0.29, 0.717) is 6.42 Å². The van der Waals surface area contributed by atoms with Crippen LogP contribution in [0.5, 0.6) is 0 Å². The number of rotatable bonds is 3. The number of halogens is 2. The van der Waals surface area contributed by atoms with Crippen LogP contribution in [0.4, 0.5) is 10.1 Å². The fourth-order valence-electron chi connectivity index (χ4n) is 2.19. The minimum atomic E-state index is -3.85. The van der Waals surface area contributed by atoms with E-state index in [1.807, 2.05) is 0 Å². The van der Waals surface area contributed by atoms with Gasteiger partial charge in [0.2, 0.25) is 10.0 Å². The summed E-state index contributed by atoms with van der Waals surface area (Å²) in [4.78, 5) is 11.3. The van der Waals surface area contributed by atoms with Crippen molar-refractivity contribution >= 4 is 37.6 Å². The first-order valence-corrected chi connectivity index (χ1v) is 8.33. The third-order valence-corrected chi connectivity index (χ3v) is 6.18. The van der Waals surface area contributed by atoms with Crippen molar-refractivity contribution in [1.29, 1.82) is 0 Å². The summed E-state index contributed by atoms with van der Waals surface area (Å²) >= 11 is 3.03. The minimum absolute atomic E-state index is 0.0404. The Kier molecular flexibility index (Phi) is 4.54. The van der Waals surface area contributed by atoms with Gasteiger partial charge in [-0.2, -0.15) is 4.31 Å². The van der Waals surface area contributed by atoms with Gasteiger partial charge in [-0.15, -0.1) is 0 Å². The average molecular weight is 381 g/mol. The van der Waals surface area contributed by atoms with E-state index in [1.165, 1.54) is 11.4 Å². The third-order valence-electron chi connectivity index (χ3n) is 3.35. The molecule has 2 N–H and O–H groups in total. The Balaban J connectivity index is 2.32. The maximum absolute atomic E-state index is 13.3. The van der Waals surface area contributed by atoms with Crippen LogP contribution in [0.2, 0.25) is 0 Å². The van der Waals surface area contributed by atoms with Crippen molar-refractivity contribution in [3.8, 4) is 0 Å². The second-order valence-electron chi connectivity index (χ2n) is 4.68. The molecule has 0 spiro atoms. The van der Waals surface area contributed by atoms with E-state index in [-0.39, 0.29) is 28.1 Å². The molecule has 0 radical (unpaired) electrons. The SMILES string of the molecule is COC(=O)C1CCN(S(=O)(=O)c2cc(N)c(F)cc2Br)C1. The fourth-order valence-corrected chi connectivity index (χ4v) is 4.70. The molecule has 1 aromatic carbocycles. The number of nitrogens with zero attached hydrogens (tertiary/aromatic N) is 1. The summed E-state index contributed by atoms with van der Waals surface area (Å²) in [6.45, 7) is 0.241. The van der Waals surface area contributed by atoms with Gasteiger partial charge in [0.1, 0.15) is 5.82 Å². The van der Waals surface area contributed by atoms with Crippen molar-refractivity contribution < 1.29 is 22.3 Å². The lowest BCUT2D eigenvalue weighted by Crippen LogP contribution is -2.30. The van der Waals surface area contributed by atoms with Crippen LogP contribution in [0.1, 0.15) is 6.42 Å². The Morgan fingerprint density at radius 3 is 2.81 bits per heavy atom. The average Bonchev–Trinajstić information content (AvgIpc) is 2.92. The molecule has 9 heteroatoms. The Hall–Kier alpha value is -1.19. The van der Waals surface area contributed by atoms with Gasteiger partial charge in [-0.3, -0.25) is 4.79 Å². The first-order chi connectivity index (χ1) is 9.77. The van der Waals surface area contributed by atoms with E-state index in [0.717, 1.165) is 12.1 Å². The first-order valence-electron chi connectivity index (χ1n) is 6.10. The van der Waals surface area contributed by atoms with Gasteiger partial charge >= 0.3 is 5.97 Å². The Morgan fingerprint density at radius 1 is 1.52 bits per heavy atom. The molecule has 1 aliphatic rings. The number of hydrogen-bond acceptors (Lipinski definition) is 5. The van der Waals surface area contributed by atoms with Crippen molar-refractivity contribution in [2.45, 2.75) is 11.3 Å².